The van der Waals surface area contributed by atoms with Crippen LogP contribution in [0.5, 0.6) is 0 Å². The number of aromatic nitrogens is 2. The van der Waals surface area contributed by atoms with Gasteiger partial charge in [0.15, 0.2) is 0 Å². The maximum absolute atomic E-state index is 12.0. The predicted octanol–water partition coefficient (Wildman–Crippen LogP) is 0.973. The molecular weight excluding hydrogens is 232 g/mol. The minimum Gasteiger partial charge on any atom is -0.396 e. The lowest BCUT2D eigenvalue weighted by Crippen LogP contribution is -2.39. The monoisotopic (exact) mass is 254 g/mol. The van der Waals surface area contributed by atoms with Gasteiger partial charge in [0.2, 0.25) is 0 Å². The Morgan fingerprint density at radius 3 is 2.50 bits per heavy atom. The molecule has 0 aliphatic rings. The number of aliphatic hydroxyl groups is 1. The minimum atomic E-state index is -0.227. The molecule has 1 rings (SSSR count). The number of hydrogen-bond acceptors (Lipinski definition) is 3. The van der Waals surface area contributed by atoms with Gasteiger partial charge in [-0.2, -0.15) is 0 Å². The third kappa shape index (κ3) is 4.14. The van der Waals surface area contributed by atoms with E-state index in [0.29, 0.717) is 13.1 Å². The van der Waals surface area contributed by atoms with Gasteiger partial charge in [-0.25, -0.2) is 4.79 Å². The molecule has 0 aliphatic carbocycles. The Labute approximate surface area is 107 Å². The maximum Gasteiger partial charge on any atom is 0.330 e. The average Bonchev–Trinajstić information content (AvgIpc) is 2.36. The molecule has 0 radical (unpaired) electrons. The Morgan fingerprint density at radius 2 is 1.83 bits per heavy atom. The lowest BCUT2D eigenvalue weighted by molar-refractivity contribution is 0.282. The van der Waals surface area contributed by atoms with Gasteiger partial charge < -0.3 is 9.67 Å². The Hall–Kier alpha value is -1.36. The van der Waals surface area contributed by atoms with Crippen LogP contribution in [0, 0.1) is 0 Å². The first-order valence-corrected chi connectivity index (χ1v) is 6.62. The van der Waals surface area contributed by atoms with Crippen molar-refractivity contribution >= 4 is 0 Å². The molecule has 18 heavy (non-hydrogen) atoms. The molecule has 5 heteroatoms. The van der Waals surface area contributed by atoms with Gasteiger partial charge in [-0.05, 0) is 19.3 Å². The van der Waals surface area contributed by atoms with Crippen molar-refractivity contribution in [1.29, 1.82) is 0 Å². The molecule has 0 saturated carbocycles. The third-order valence-electron chi connectivity index (χ3n) is 2.89. The van der Waals surface area contributed by atoms with Crippen molar-refractivity contribution in [1.82, 2.24) is 9.13 Å². The Morgan fingerprint density at radius 1 is 1.11 bits per heavy atom. The molecule has 0 unspecified atom stereocenters. The molecule has 0 aromatic carbocycles. The van der Waals surface area contributed by atoms with Gasteiger partial charge >= 0.3 is 5.69 Å². The zero-order valence-electron chi connectivity index (χ0n) is 11.0. The zero-order chi connectivity index (χ0) is 13.4. The summed E-state index contributed by atoms with van der Waals surface area (Å²) in [5.41, 5.74) is -0.444. The van der Waals surface area contributed by atoms with Crippen molar-refractivity contribution in [2.75, 3.05) is 6.61 Å². The van der Waals surface area contributed by atoms with Crippen molar-refractivity contribution in [3.63, 3.8) is 0 Å². The number of aryl methyl sites for hydroxylation is 1. The lowest BCUT2D eigenvalue weighted by Gasteiger charge is -2.08. The lowest BCUT2D eigenvalue weighted by atomic mass is 10.2. The first-order chi connectivity index (χ1) is 8.70. The SMILES string of the molecule is CCCn1ccc(=O)n(CCCCCCO)c1=O. The van der Waals surface area contributed by atoms with Crippen molar-refractivity contribution in [3.8, 4) is 0 Å². The summed E-state index contributed by atoms with van der Waals surface area (Å²) in [5.74, 6) is 0. The summed E-state index contributed by atoms with van der Waals surface area (Å²) < 4.78 is 2.88. The van der Waals surface area contributed by atoms with Gasteiger partial charge in [0.1, 0.15) is 0 Å². The van der Waals surface area contributed by atoms with Crippen LogP contribution in [0.3, 0.4) is 0 Å². The topological polar surface area (TPSA) is 64.2 Å². The van der Waals surface area contributed by atoms with Crippen LogP contribution in [-0.4, -0.2) is 20.8 Å². The highest BCUT2D eigenvalue weighted by molar-refractivity contribution is 4.86. The summed E-state index contributed by atoms with van der Waals surface area (Å²) in [6, 6.07) is 1.45. The second kappa shape index (κ2) is 7.87. The van der Waals surface area contributed by atoms with Crippen LogP contribution in [0.15, 0.2) is 21.9 Å². The van der Waals surface area contributed by atoms with Crippen molar-refractivity contribution in [2.45, 2.75) is 52.1 Å². The van der Waals surface area contributed by atoms with Crippen LogP contribution in [0.2, 0.25) is 0 Å². The minimum absolute atomic E-state index is 0.203. The van der Waals surface area contributed by atoms with Crippen molar-refractivity contribution in [3.05, 3.63) is 33.1 Å². The number of aliphatic hydroxyl groups excluding tert-OH is 1. The van der Waals surface area contributed by atoms with Gasteiger partial charge in [0.25, 0.3) is 5.56 Å². The van der Waals surface area contributed by atoms with Crippen molar-refractivity contribution in [2.24, 2.45) is 0 Å². The summed E-state index contributed by atoms with van der Waals surface area (Å²) >= 11 is 0. The van der Waals surface area contributed by atoms with E-state index in [0.717, 1.165) is 32.1 Å². The van der Waals surface area contributed by atoms with Crippen LogP contribution >= 0.6 is 0 Å². The molecule has 1 aromatic heterocycles. The van der Waals surface area contributed by atoms with Gasteiger partial charge in [0, 0.05) is 32.0 Å². The van der Waals surface area contributed by atoms with Gasteiger partial charge in [-0.15, -0.1) is 0 Å². The molecule has 0 spiro atoms. The van der Waals surface area contributed by atoms with Crippen LogP contribution in [0.4, 0.5) is 0 Å². The number of unbranched alkanes of at least 4 members (excludes halogenated alkanes) is 3. The zero-order valence-corrected chi connectivity index (χ0v) is 11.0. The molecule has 0 atom stereocenters. The Kier molecular flexibility index (Phi) is 6.43. The van der Waals surface area contributed by atoms with E-state index in [1.54, 1.807) is 10.8 Å². The third-order valence-corrected chi connectivity index (χ3v) is 2.89. The molecule has 1 aromatic rings. The summed E-state index contributed by atoms with van der Waals surface area (Å²) in [5, 5.41) is 8.66. The molecule has 5 nitrogen and oxygen atoms in total. The van der Waals surface area contributed by atoms with E-state index < -0.39 is 0 Å². The van der Waals surface area contributed by atoms with Crippen LogP contribution in [-0.2, 0) is 13.1 Å². The fourth-order valence-electron chi connectivity index (χ4n) is 1.91. The predicted molar refractivity (Wildman–Crippen MR) is 70.8 cm³/mol. The molecule has 1 N–H and O–H groups in total. The van der Waals surface area contributed by atoms with E-state index in [-0.39, 0.29) is 17.9 Å². The molecule has 0 fully saturated rings. The van der Waals surface area contributed by atoms with Gasteiger partial charge in [-0.1, -0.05) is 19.8 Å². The number of hydrogen-bond donors (Lipinski definition) is 1. The summed E-state index contributed by atoms with van der Waals surface area (Å²) in [6.45, 7) is 3.31. The van der Waals surface area contributed by atoms with Crippen LogP contribution < -0.4 is 11.2 Å². The first-order valence-electron chi connectivity index (χ1n) is 6.62. The summed E-state index contributed by atoms with van der Waals surface area (Å²) in [4.78, 5) is 23.6. The van der Waals surface area contributed by atoms with Crippen LogP contribution in [0.25, 0.3) is 0 Å². The van der Waals surface area contributed by atoms with E-state index in [4.69, 9.17) is 5.11 Å². The van der Waals surface area contributed by atoms with E-state index >= 15 is 0 Å². The van der Waals surface area contributed by atoms with Crippen LogP contribution in [0.1, 0.15) is 39.0 Å². The molecule has 0 amide bonds. The van der Waals surface area contributed by atoms with E-state index in [1.165, 1.54) is 10.6 Å². The fourth-order valence-corrected chi connectivity index (χ4v) is 1.91. The van der Waals surface area contributed by atoms with Gasteiger partial charge in [0.05, 0.1) is 0 Å². The fraction of sp³-hybridized carbons (Fsp3) is 0.692. The first kappa shape index (κ1) is 14.7. The molecule has 0 aliphatic heterocycles. The molecule has 102 valence electrons. The quantitative estimate of drug-likeness (QED) is 0.703. The van der Waals surface area contributed by atoms with E-state index in [2.05, 4.69) is 0 Å². The normalized spacial score (nSPS) is 10.8. The molecule has 0 bridgehead atoms. The smallest absolute Gasteiger partial charge is 0.330 e. The largest absolute Gasteiger partial charge is 0.396 e. The molecule has 0 saturated heterocycles. The second-order valence-electron chi connectivity index (χ2n) is 4.42. The Bertz CT molecular complexity index is 462. The van der Waals surface area contributed by atoms with E-state index in [9.17, 15) is 9.59 Å². The highest BCUT2D eigenvalue weighted by Crippen LogP contribution is 1.99. The maximum atomic E-state index is 12.0. The number of rotatable bonds is 8. The average molecular weight is 254 g/mol. The summed E-state index contributed by atoms with van der Waals surface area (Å²) in [7, 11) is 0. The Balaban J connectivity index is 2.66. The second-order valence-corrected chi connectivity index (χ2v) is 4.42. The molecular formula is C13H22N2O3. The van der Waals surface area contributed by atoms with E-state index in [1.807, 2.05) is 6.92 Å². The van der Waals surface area contributed by atoms with Crippen molar-refractivity contribution < 1.29 is 5.11 Å². The summed E-state index contributed by atoms with van der Waals surface area (Å²) in [6.07, 6.45) is 5.87. The van der Waals surface area contributed by atoms with Gasteiger partial charge in [-0.3, -0.25) is 9.36 Å². The highest BCUT2D eigenvalue weighted by atomic mass is 16.3. The molecule has 1 heterocycles. The highest BCUT2D eigenvalue weighted by Gasteiger charge is 2.04. The number of nitrogens with zero attached hydrogens (tertiary/aromatic N) is 2. The standard InChI is InChI=1S/C13H22N2O3/c1-2-8-14-10-7-12(17)15(13(14)18)9-5-3-4-6-11-16/h7,10,16H,2-6,8-9,11H2,1H3.